The lowest BCUT2D eigenvalue weighted by molar-refractivity contribution is -0.123. The van der Waals surface area contributed by atoms with E-state index in [1.807, 2.05) is 13.8 Å². The summed E-state index contributed by atoms with van der Waals surface area (Å²) < 4.78 is 6.28. The molecule has 0 fully saturated rings. The van der Waals surface area contributed by atoms with Crippen molar-refractivity contribution in [1.82, 2.24) is 10.7 Å². The number of hydrazone groups is 1. The second kappa shape index (κ2) is 11.4. The number of terminal acetylenes is 1. The van der Waals surface area contributed by atoms with E-state index in [0.29, 0.717) is 21.9 Å². The van der Waals surface area contributed by atoms with Gasteiger partial charge in [0.05, 0.1) is 16.8 Å². The lowest BCUT2D eigenvalue weighted by atomic mass is 10.0. The molecule has 8 heteroatoms. The van der Waals surface area contributed by atoms with E-state index in [4.69, 9.17) is 22.8 Å². The van der Waals surface area contributed by atoms with Gasteiger partial charge in [0.15, 0.2) is 0 Å². The summed E-state index contributed by atoms with van der Waals surface area (Å²) >= 11 is 9.44. The zero-order valence-corrected chi connectivity index (χ0v) is 18.8. The summed E-state index contributed by atoms with van der Waals surface area (Å²) in [6, 6.07) is 11.2. The third-order valence-corrected chi connectivity index (χ3v) is 4.84. The number of amides is 2. The van der Waals surface area contributed by atoms with Crippen LogP contribution in [0.5, 0.6) is 5.75 Å². The Labute approximate surface area is 189 Å². The number of halogens is 2. The summed E-state index contributed by atoms with van der Waals surface area (Å²) in [5.41, 5.74) is 3.38. The number of nitrogens with one attached hydrogen (secondary N) is 2. The number of rotatable bonds is 8. The molecule has 1 unspecified atom stereocenters. The van der Waals surface area contributed by atoms with Gasteiger partial charge in [-0.1, -0.05) is 59.4 Å². The summed E-state index contributed by atoms with van der Waals surface area (Å²) in [5.74, 6) is 1.86. The summed E-state index contributed by atoms with van der Waals surface area (Å²) in [4.78, 5) is 25.1. The summed E-state index contributed by atoms with van der Waals surface area (Å²) in [6.45, 7) is 3.75. The van der Waals surface area contributed by atoms with E-state index in [9.17, 15) is 9.59 Å². The molecule has 2 amide bonds. The van der Waals surface area contributed by atoms with Crippen molar-refractivity contribution in [3.63, 3.8) is 0 Å². The highest BCUT2D eigenvalue weighted by atomic mass is 79.9. The highest BCUT2D eigenvalue weighted by Gasteiger charge is 2.25. The molecule has 2 aromatic carbocycles. The molecule has 0 radical (unpaired) electrons. The number of carbonyl (C=O) groups excluding carboxylic acids is 2. The van der Waals surface area contributed by atoms with E-state index >= 15 is 0 Å². The van der Waals surface area contributed by atoms with E-state index in [1.54, 1.807) is 42.5 Å². The highest BCUT2D eigenvalue weighted by molar-refractivity contribution is 9.10. The Balaban J connectivity index is 2.09. The van der Waals surface area contributed by atoms with Gasteiger partial charge in [-0.05, 0) is 36.2 Å². The van der Waals surface area contributed by atoms with Crippen molar-refractivity contribution in [1.29, 1.82) is 0 Å². The van der Waals surface area contributed by atoms with Crippen LogP contribution in [0.2, 0.25) is 5.02 Å². The van der Waals surface area contributed by atoms with Crippen molar-refractivity contribution in [2.24, 2.45) is 11.0 Å². The smallest absolute Gasteiger partial charge is 0.262 e. The molecule has 1 atom stereocenters. The van der Waals surface area contributed by atoms with Crippen LogP contribution < -0.4 is 15.5 Å². The first-order valence-corrected chi connectivity index (χ1v) is 10.2. The van der Waals surface area contributed by atoms with Crippen molar-refractivity contribution in [3.05, 3.63) is 63.1 Å². The van der Waals surface area contributed by atoms with Crippen LogP contribution in [0, 0.1) is 18.3 Å². The molecule has 0 aliphatic heterocycles. The number of hydrogen-bond acceptors (Lipinski definition) is 4. The third-order valence-electron chi connectivity index (χ3n) is 4.02. The van der Waals surface area contributed by atoms with Crippen LogP contribution in [0.25, 0.3) is 0 Å². The van der Waals surface area contributed by atoms with Gasteiger partial charge >= 0.3 is 0 Å². The van der Waals surface area contributed by atoms with Crippen LogP contribution in [0.1, 0.15) is 29.8 Å². The fraction of sp³-hybridized carbons (Fsp3) is 0.227. The van der Waals surface area contributed by atoms with Crippen LogP contribution in [0.3, 0.4) is 0 Å². The first kappa shape index (κ1) is 23.5. The molecule has 0 aromatic heterocycles. The van der Waals surface area contributed by atoms with Crippen LogP contribution in [-0.2, 0) is 4.79 Å². The third kappa shape index (κ3) is 6.61. The zero-order chi connectivity index (χ0) is 22.1. The molecule has 2 aromatic rings. The minimum atomic E-state index is -0.800. The van der Waals surface area contributed by atoms with Crippen LogP contribution >= 0.6 is 27.5 Å². The fourth-order valence-electron chi connectivity index (χ4n) is 2.51. The Morgan fingerprint density at radius 2 is 2.03 bits per heavy atom. The van der Waals surface area contributed by atoms with Gasteiger partial charge < -0.3 is 10.1 Å². The zero-order valence-electron chi connectivity index (χ0n) is 16.5. The van der Waals surface area contributed by atoms with E-state index in [0.717, 1.165) is 4.47 Å². The second-order valence-electron chi connectivity index (χ2n) is 6.58. The maximum Gasteiger partial charge on any atom is 0.262 e. The van der Waals surface area contributed by atoms with E-state index < -0.39 is 17.9 Å². The summed E-state index contributed by atoms with van der Waals surface area (Å²) in [6.07, 6.45) is 6.68. The maximum absolute atomic E-state index is 12.6. The second-order valence-corrected chi connectivity index (χ2v) is 7.91. The molecule has 2 rings (SSSR count). The number of ether oxygens (including phenoxy) is 1. The molecule has 0 saturated heterocycles. The summed E-state index contributed by atoms with van der Waals surface area (Å²) in [5, 5.41) is 7.01. The number of carbonyl (C=O) groups is 2. The van der Waals surface area contributed by atoms with Gasteiger partial charge in [-0.2, -0.15) is 5.10 Å². The first-order chi connectivity index (χ1) is 14.3. The molecule has 2 N–H and O–H groups in total. The van der Waals surface area contributed by atoms with Gasteiger partial charge in [0, 0.05) is 10.0 Å². The molecule has 6 nitrogen and oxygen atoms in total. The van der Waals surface area contributed by atoms with E-state index in [1.165, 1.54) is 6.21 Å². The minimum Gasteiger partial charge on any atom is -0.480 e. The fourth-order valence-corrected chi connectivity index (χ4v) is 3.11. The Bertz CT molecular complexity index is 986. The van der Waals surface area contributed by atoms with Crippen LogP contribution in [0.4, 0.5) is 0 Å². The van der Waals surface area contributed by atoms with Gasteiger partial charge in [-0.25, -0.2) is 5.43 Å². The molecule has 0 spiro atoms. The monoisotopic (exact) mass is 489 g/mol. The Kier molecular flexibility index (Phi) is 8.90. The minimum absolute atomic E-state index is 0.109. The van der Waals surface area contributed by atoms with Crippen molar-refractivity contribution in [2.75, 3.05) is 6.61 Å². The lowest BCUT2D eigenvalue weighted by Gasteiger charge is -2.20. The molecule has 0 aliphatic rings. The average molecular weight is 491 g/mol. The van der Waals surface area contributed by atoms with Crippen molar-refractivity contribution >= 4 is 45.6 Å². The molecular formula is C22H21BrClN3O3. The normalized spacial score (nSPS) is 11.7. The largest absolute Gasteiger partial charge is 0.480 e. The van der Waals surface area contributed by atoms with Gasteiger partial charge in [-0.15, -0.1) is 6.42 Å². The Morgan fingerprint density at radius 3 is 2.70 bits per heavy atom. The molecule has 0 aliphatic carbocycles. The van der Waals surface area contributed by atoms with Crippen LogP contribution in [-0.4, -0.2) is 30.7 Å². The number of nitrogens with zero attached hydrogens (tertiary/aromatic N) is 1. The van der Waals surface area contributed by atoms with Gasteiger partial charge in [0.25, 0.3) is 11.8 Å². The predicted molar refractivity (Wildman–Crippen MR) is 122 cm³/mol. The van der Waals surface area contributed by atoms with Crippen molar-refractivity contribution < 1.29 is 14.3 Å². The lowest BCUT2D eigenvalue weighted by Crippen LogP contribution is -2.48. The standard InChI is InChI=1S/C22H21BrClN3O3/c1-4-11-30-19-10-9-16(23)12-15(19)13-25-27-22(29)20(14(2)3)26-21(28)17-7-5-6-8-18(17)24/h1,5-10,12-14,20H,11H2,2-3H3,(H,26,28)(H,27,29). The van der Waals surface area contributed by atoms with Crippen molar-refractivity contribution in [3.8, 4) is 18.1 Å². The molecular weight excluding hydrogens is 470 g/mol. The van der Waals surface area contributed by atoms with Gasteiger partial charge in [0.2, 0.25) is 0 Å². The Hall–Kier alpha value is -2.82. The SMILES string of the molecule is C#CCOc1ccc(Br)cc1C=NNC(=O)C(NC(=O)c1ccccc1Cl)C(C)C. The molecule has 0 saturated carbocycles. The molecule has 156 valence electrons. The number of benzene rings is 2. The first-order valence-electron chi connectivity index (χ1n) is 9.07. The molecule has 30 heavy (non-hydrogen) atoms. The number of hydrogen-bond donors (Lipinski definition) is 2. The average Bonchev–Trinajstić information content (AvgIpc) is 2.71. The van der Waals surface area contributed by atoms with Gasteiger partial charge in [0.1, 0.15) is 18.4 Å². The maximum atomic E-state index is 12.6. The van der Waals surface area contributed by atoms with Crippen LogP contribution in [0.15, 0.2) is 52.0 Å². The summed E-state index contributed by atoms with van der Waals surface area (Å²) in [7, 11) is 0. The topological polar surface area (TPSA) is 79.8 Å². The molecule has 0 bridgehead atoms. The van der Waals surface area contributed by atoms with Gasteiger partial charge in [-0.3, -0.25) is 9.59 Å². The highest BCUT2D eigenvalue weighted by Crippen LogP contribution is 2.21. The molecule has 0 heterocycles. The Morgan fingerprint density at radius 1 is 1.30 bits per heavy atom. The van der Waals surface area contributed by atoms with E-state index in [2.05, 4.69) is 37.7 Å². The quantitative estimate of drug-likeness (QED) is 0.333. The predicted octanol–water partition coefficient (Wildman–Crippen LogP) is 4.02. The van der Waals surface area contributed by atoms with Crippen molar-refractivity contribution in [2.45, 2.75) is 19.9 Å². The van der Waals surface area contributed by atoms with E-state index in [-0.39, 0.29) is 12.5 Å².